The summed E-state index contributed by atoms with van der Waals surface area (Å²) in [6.07, 6.45) is 2.86. The van der Waals surface area contributed by atoms with Gasteiger partial charge in [-0.15, -0.1) is 0 Å². The number of nitrogens with zero attached hydrogens (tertiary/aromatic N) is 4. The molecule has 25 heavy (non-hydrogen) atoms. The van der Waals surface area contributed by atoms with Crippen LogP contribution in [0.1, 0.15) is 16.1 Å². The maximum atomic E-state index is 12.5. The fourth-order valence-electron chi connectivity index (χ4n) is 2.78. The number of aryl methyl sites for hydroxylation is 2. The lowest BCUT2D eigenvalue weighted by Crippen LogP contribution is -2.13. The molecule has 4 rings (SSSR count). The fraction of sp³-hybridized carbons (Fsp3) is 0.118. The second-order valence-electron chi connectivity index (χ2n) is 5.72. The van der Waals surface area contributed by atoms with Crippen molar-refractivity contribution in [1.29, 1.82) is 0 Å². The van der Waals surface area contributed by atoms with Gasteiger partial charge in [0.15, 0.2) is 5.65 Å². The van der Waals surface area contributed by atoms with E-state index in [4.69, 9.17) is 0 Å². The van der Waals surface area contributed by atoms with Crippen molar-refractivity contribution in [2.45, 2.75) is 6.92 Å². The lowest BCUT2D eigenvalue weighted by atomic mass is 10.2. The summed E-state index contributed by atoms with van der Waals surface area (Å²) < 4.78 is 1.68. The predicted octanol–water partition coefficient (Wildman–Crippen LogP) is 1.77. The third kappa shape index (κ3) is 2.53. The van der Waals surface area contributed by atoms with Gasteiger partial charge in [0.25, 0.3) is 11.5 Å². The molecule has 0 atom stereocenters. The van der Waals surface area contributed by atoms with E-state index in [0.717, 1.165) is 16.7 Å². The second kappa shape index (κ2) is 5.52. The second-order valence-corrected chi connectivity index (χ2v) is 5.72. The Morgan fingerprint density at radius 1 is 1.20 bits per heavy atom. The zero-order valence-corrected chi connectivity index (χ0v) is 13.6. The van der Waals surface area contributed by atoms with Gasteiger partial charge in [0.2, 0.25) is 0 Å². The van der Waals surface area contributed by atoms with Crippen LogP contribution in [-0.4, -0.2) is 30.6 Å². The molecule has 3 aromatic heterocycles. The van der Waals surface area contributed by atoms with Gasteiger partial charge in [-0.3, -0.25) is 14.3 Å². The Bertz CT molecular complexity index is 1190. The van der Waals surface area contributed by atoms with Crippen molar-refractivity contribution in [3.63, 3.8) is 0 Å². The van der Waals surface area contributed by atoms with Crippen LogP contribution in [0.4, 0.5) is 5.69 Å². The Morgan fingerprint density at radius 2 is 2.04 bits per heavy atom. The zero-order valence-electron chi connectivity index (χ0n) is 13.6. The van der Waals surface area contributed by atoms with E-state index in [-0.39, 0.29) is 11.5 Å². The van der Waals surface area contributed by atoms with Gasteiger partial charge in [-0.25, -0.2) is 9.97 Å². The number of aromatic nitrogens is 5. The molecule has 0 radical (unpaired) electrons. The molecular formula is C17H14N6O2. The zero-order chi connectivity index (χ0) is 17.6. The number of benzene rings is 1. The number of hydrogen-bond acceptors (Lipinski definition) is 5. The summed E-state index contributed by atoms with van der Waals surface area (Å²) >= 11 is 0. The molecule has 0 unspecified atom stereocenters. The first-order valence-corrected chi connectivity index (χ1v) is 7.61. The van der Waals surface area contributed by atoms with Gasteiger partial charge in [0, 0.05) is 24.3 Å². The molecule has 0 spiro atoms. The van der Waals surface area contributed by atoms with E-state index in [0.29, 0.717) is 22.2 Å². The lowest BCUT2D eigenvalue weighted by Gasteiger charge is -2.06. The molecule has 0 saturated carbocycles. The molecule has 8 nitrogen and oxygen atoms in total. The Kier molecular flexibility index (Phi) is 3.31. The Morgan fingerprint density at radius 3 is 2.88 bits per heavy atom. The quantitative estimate of drug-likeness (QED) is 0.581. The first-order chi connectivity index (χ1) is 12.0. The number of anilines is 1. The highest BCUT2D eigenvalue weighted by Crippen LogP contribution is 2.18. The molecule has 0 aliphatic rings. The van der Waals surface area contributed by atoms with Gasteiger partial charge >= 0.3 is 0 Å². The molecule has 3 heterocycles. The molecule has 0 saturated heterocycles. The number of nitrogens with one attached hydrogen (secondary N) is 2. The van der Waals surface area contributed by atoms with Crippen LogP contribution >= 0.6 is 0 Å². The highest BCUT2D eigenvalue weighted by Gasteiger charge is 2.12. The minimum atomic E-state index is -0.308. The first-order valence-electron chi connectivity index (χ1n) is 7.61. The summed E-state index contributed by atoms with van der Waals surface area (Å²) in [4.78, 5) is 35.3. The molecule has 0 aliphatic heterocycles. The van der Waals surface area contributed by atoms with Gasteiger partial charge in [-0.1, -0.05) is 0 Å². The molecular weight excluding hydrogens is 320 g/mol. The number of carbonyl (C=O) groups excluding carboxylic acids is 1. The van der Waals surface area contributed by atoms with Crippen molar-refractivity contribution >= 4 is 33.5 Å². The molecule has 124 valence electrons. The number of rotatable bonds is 2. The third-order valence-electron chi connectivity index (χ3n) is 4.02. The maximum Gasteiger partial charge on any atom is 0.258 e. The molecule has 0 fully saturated rings. The van der Waals surface area contributed by atoms with Gasteiger partial charge in [-0.05, 0) is 31.2 Å². The molecule has 4 aromatic rings. The van der Waals surface area contributed by atoms with Crippen LogP contribution in [0.2, 0.25) is 0 Å². The number of carbonyl (C=O) groups is 1. The van der Waals surface area contributed by atoms with Gasteiger partial charge in [-0.2, -0.15) is 5.10 Å². The van der Waals surface area contributed by atoms with Crippen molar-refractivity contribution in [2.75, 3.05) is 5.32 Å². The normalized spacial score (nSPS) is 11.1. The monoisotopic (exact) mass is 334 g/mol. The summed E-state index contributed by atoms with van der Waals surface area (Å²) in [6.45, 7) is 1.87. The summed E-state index contributed by atoms with van der Waals surface area (Å²) in [5.74, 6) is -0.308. The topological polar surface area (TPSA) is 106 Å². The molecule has 2 N–H and O–H groups in total. The number of H-pyrrole nitrogens is 1. The fourth-order valence-corrected chi connectivity index (χ4v) is 2.78. The average molecular weight is 334 g/mol. The number of fused-ring (bicyclic) bond motifs is 2. The van der Waals surface area contributed by atoms with Crippen LogP contribution in [0.25, 0.3) is 21.9 Å². The minimum Gasteiger partial charge on any atom is -0.322 e. The Labute approximate surface area is 141 Å². The largest absolute Gasteiger partial charge is 0.322 e. The van der Waals surface area contributed by atoms with Crippen molar-refractivity contribution in [3.05, 3.63) is 58.4 Å². The highest BCUT2D eigenvalue weighted by atomic mass is 16.1. The summed E-state index contributed by atoms with van der Waals surface area (Å²) in [5.41, 5.74) is 2.77. The summed E-state index contributed by atoms with van der Waals surface area (Å²) in [6, 6.07) is 6.75. The van der Waals surface area contributed by atoms with Crippen molar-refractivity contribution < 1.29 is 4.79 Å². The number of aromatic amines is 1. The van der Waals surface area contributed by atoms with Crippen LogP contribution in [0.15, 0.2) is 41.6 Å². The third-order valence-corrected chi connectivity index (χ3v) is 4.02. The predicted molar refractivity (Wildman–Crippen MR) is 93.6 cm³/mol. The smallest absolute Gasteiger partial charge is 0.258 e. The van der Waals surface area contributed by atoms with E-state index >= 15 is 0 Å². The van der Waals surface area contributed by atoms with Gasteiger partial charge < -0.3 is 10.3 Å². The average Bonchev–Trinajstić information content (AvgIpc) is 2.89. The number of amides is 1. The first kappa shape index (κ1) is 15.0. The summed E-state index contributed by atoms with van der Waals surface area (Å²) in [5, 5.41) is 8.32. The lowest BCUT2D eigenvalue weighted by molar-refractivity contribution is 0.102. The van der Waals surface area contributed by atoms with E-state index < -0.39 is 0 Å². The van der Waals surface area contributed by atoms with Crippen LogP contribution in [-0.2, 0) is 7.05 Å². The number of hydrogen-bond donors (Lipinski definition) is 2. The molecule has 8 heteroatoms. The van der Waals surface area contributed by atoms with E-state index in [1.165, 1.54) is 12.5 Å². The molecule has 0 bridgehead atoms. The van der Waals surface area contributed by atoms with Crippen LogP contribution < -0.4 is 10.9 Å². The Balaban J connectivity index is 1.69. The van der Waals surface area contributed by atoms with E-state index in [9.17, 15) is 9.59 Å². The van der Waals surface area contributed by atoms with E-state index in [1.54, 1.807) is 28.9 Å². The Hall–Kier alpha value is -3.55. The standard InChI is InChI=1S/C17H14N6O2/c1-9-12-5-10(7-18-15(12)23(2)22-9)16(24)21-11-3-4-14-13(6-11)17(25)20-8-19-14/h3-8H,1-2H3,(H,21,24)(H,19,20,25). The van der Waals surface area contributed by atoms with E-state index in [1.807, 2.05) is 14.0 Å². The van der Waals surface area contributed by atoms with E-state index in [2.05, 4.69) is 25.4 Å². The van der Waals surface area contributed by atoms with Gasteiger partial charge in [0.1, 0.15) is 0 Å². The summed E-state index contributed by atoms with van der Waals surface area (Å²) in [7, 11) is 1.81. The van der Waals surface area contributed by atoms with Crippen molar-refractivity contribution in [2.24, 2.45) is 7.05 Å². The van der Waals surface area contributed by atoms with Crippen LogP contribution in [0.5, 0.6) is 0 Å². The van der Waals surface area contributed by atoms with Crippen LogP contribution in [0.3, 0.4) is 0 Å². The highest BCUT2D eigenvalue weighted by molar-refractivity contribution is 6.06. The van der Waals surface area contributed by atoms with Crippen LogP contribution in [0, 0.1) is 6.92 Å². The van der Waals surface area contributed by atoms with Crippen molar-refractivity contribution in [3.8, 4) is 0 Å². The van der Waals surface area contributed by atoms with Gasteiger partial charge in [0.05, 0.1) is 28.5 Å². The molecule has 0 aliphatic carbocycles. The maximum absolute atomic E-state index is 12.5. The van der Waals surface area contributed by atoms with Crippen molar-refractivity contribution in [1.82, 2.24) is 24.7 Å². The molecule has 1 amide bonds. The minimum absolute atomic E-state index is 0.254. The number of pyridine rings is 1. The molecule has 1 aromatic carbocycles. The SMILES string of the molecule is Cc1nn(C)c2ncc(C(=O)Nc3ccc4nc[nH]c(=O)c4c3)cc12.